The van der Waals surface area contributed by atoms with Crippen molar-refractivity contribution in [3.8, 4) is 5.75 Å². The number of benzene rings is 2. The van der Waals surface area contributed by atoms with Crippen LogP contribution in [0.4, 0.5) is 17.6 Å². The molecule has 0 radical (unpaired) electrons. The van der Waals surface area contributed by atoms with E-state index in [1.54, 1.807) is 0 Å². The van der Waals surface area contributed by atoms with Gasteiger partial charge in [-0.25, -0.2) is 4.39 Å². The Kier molecular flexibility index (Phi) is 5.81. The highest BCUT2D eigenvalue weighted by Gasteiger charge is 2.31. The van der Waals surface area contributed by atoms with Gasteiger partial charge in [0.25, 0.3) is 11.8 Å². The fourth-order valence-electron chi connectivity index (χ4n) is 1.91. The average molecular weight is 370 g/mol. The van der Waals surface area contributed by atoms with Crippen LogP contribution < -0.4 is 15.6 Å². The lowest BCUT2D eigenvalue weighted by molar-refractivity contribution is -0.137. The summed E-state index contributed by atoms with van der Waals surface area (Å²) in [6, 6.07) is 9.14. The third-order valence-electron chi connectivity index (χ3n) is 3.26. The maximum Gasteiger partial charge on any atom is 0.416 e. The van der Waals surface area contributed by atoms with E-state index in [0.29, 0.717) is 6.07 Å². The van der Waals surface area contributed by atoms with Gasteiger partial charge in [-0.3, -0.25) is 20.4 Å². The number of nitrogens with one attached hydrogen (secondary N) is 2. The van der Waals surface area contributed by atoms with Crippen molar-refractivity contribution >= 4 is 11.8 Å². The molecule has 0 bridgehead atoms. The molecule has 0 aliphatic heterocycles. The standard InChI is InChI=1S/C17H14F4N2O3/c1-10(26-14-8-3-2-7-13(14)18)15(24)22-23-16(25)11-5-4-6-12(9-11)17(19,20)21/h2-10H,1H3,(H,22,24)(H,23,25)/t10-/m0/s1. The van der Waals surface area contributed by atoms with Crippen molar-refractivity contribution in [2.45, 2.75) is 19.2 Å². The molecule has 0 saturated carbocycles. The van der Waals surface area contributed by atoms with E-state index in [9.17, 15) is 27.2 Å². The van der Waals surface area contributed by atoms with Crippen molar-refractivity contribution < 1.29 is 31.9 Å². The van der Waals surface area contributed by atoms with Crippen LogP contribution in [0.15, 0.2) is 48.5 Å². The largest absolute Gasteiger partial charge is 0.478 e. The Morgan fingerprint density at radius 3 is 2.38 bits per heavy atom. The summed E-state index contributed by atoms with van der Waals surface area (Å²) >= 11 is 0. The minimum atomic E-state index is -4.60. The van der Waals surface area contributed by atoms with Gasteiger partial charge in [-0.1, -0.05) is 18.2 Å². The van der Waals surface area contributed by atoms with Crippen LogP contribution in [0.2, 0.25) is 0 Å². The Balaban J connectivity index is 1.94. The molecule has 1 atom stereocenters. The van der Waals surface area contributed by atoms with Crippen molar-refractivity contribution in [2.75, 3.05) is 0 Å². The van der Waals surface area contributed by atoms with Crippen molar-refractivity contribution in [1.29, 1.82) is 0 Å². The zero-order chi connectivity index (χ0) is 19.3. The van der Waals surface area contributed by atoms with Crippen molar-refractivity contribution in [3.05, 3.63) is 65.5 Å². The minimum Gasteiger partial charge on any atom is -0.478 e. The summed E-state index contributed by atoms with van der Waals surface area (Å²) in [6.45, 7) is 1.32. The monoisotopic (exact) mass is 370 g/mol. The van der Waals surface area contributed by atoms with Crippen LogP contribution in [-0.2, 0) is 11.0 Å². The summed E-state index contributed by atoms with van der Waals surface area (Å²) in [5, 5.41) is 0. The summed E-state index contributed by atoms with van der Waals surface area (Å²) in [6.07, 6.45) is -5.75. The van der Waals surface area contributed by atoms with E-state index in [1.807, 2.05) is 10.9 Å². The molecule has 5 nitrogen and oxygen atoms in total. The van der Waals surface area contributed by atoms with Gasteiger partial charge in [-0.15, -0.1) is 0 Å². The Hall–Kier alpha value is -3.10. The molecule has 0 heterocycles. The fourth-order valence-corrected chi connectivity index (χ4v) is 1.91. The van der Waals surface area contributed by atoms with Gasteiger partial charge in [0.15, 0.2) is 17.7 Å². The van der Waals surface area contributed by atoms with Crippen LogP contribution >= 0.6 is 0 Å². The van der Waals surface area contributed by atoms with E-state index in [-0.39, 0.29) is 11.3 Å². The molecule has 0 aliphatic rings. The molecule has 138 valence electrons. The molecule has 0 fully saturated rings. The number of amides is 2. The number of carbonyl (C=O) groups is 2. The summed E-state index contributed by atoms with van der Waals surface area (Å²) in [7, 11) is 0. The van der Waals surface area contributed by atoms with E-state index in [0.717, 1.165) is 24.3 Å². The molecule has 2 N–H and O–H groups in total. The van der Waals surface area contributed by atoms with E-state index in [1.165, 1.54) is 25.1 Å². The molecule has 2 aromatic rings. The van der Waals surface area contributed by atoms with E-state index >= 15 is 0 Å². The van der Waals surface area contributed by atoms with Gasteiger partial charge in [-0.2, -0.15) is 13.2 Å². The number of hydrogen-bond acceptors (Lipinski definition) is 3. The molecular formula is C17H14F4N2O3. The second kappa shape index (κ2) is 7.85. The highest BCUT2D eigenvalue weighted by atomic mass is 19.4. The first-order valence-corrected chi connectivity index (χ1v) is 7.37. The third kappa shape index (κ3) is 4.95. The number of alkyl halides is 3. The maximum absolute atomic E-state index is 13.5. The number of ether oxygens (including phenoxy) is 1. The van der Waals surface area contributed by atoms with Crippen LogP contribution in [0.5, 0.6) is 5.75 Å². The highest BCUT2D eigenvalue weighted by Crippen LogP contribution is 2.29. The number of hydrogen-bond donors (Lipinski definition) is 2. The van der Waals surface area contributed by atoms with Crippen LogP contribution in [0, 0.1) is 5.82 Å². The molecule has 0 aliphatic carbocycles. The first-order valence-electron chi connectivity index (χ1n) is 7.37. The lowest BCUT2D eigenvalue weighted by atomic mass is 10.1. The normalized spacial score (nSPS) is 12.2. The quantitative estimate of drug-likeness (QED) is 0.642. The van der Waals surface area contributed by atoms with Crippen LogP contribution in [0.1, 0.15) is 22.8 Å². The Morgan fingerprint density at radius 1 is 1.04 bits per heavy atom. The predicted octanol–water partition coefficient (Wildman–Crippen LogP) is 3.07. The molecule has 26 heavy (non-hydrogen) atoms. The predicted molar refractivity (Wildman–Crippen MR) is 83.5 cm³/mol. The van der Waals surface area contributed by atoms with Gasteiger partial charge in [0, 0.05) is 5.56 Å². The average Bonchev–Trinajstić information content (AvgIpc) is 2.60. The fraction of sp³-hybridized carbons (Fsp3) is 0.176. The van der Waals surface area contributed by atoms with E-state index in [4.69, 9.17) is 4.74 Å². The first-order chi connectivity index (χ1) is 12.2. The Labute approximate surface area is 145 Å². The van der Waals surface area contributed by atoms with Gasteiger partial charge in [0.1, 0.15) is 0 Å². The summed E-state index contributed by atoms with van der Waals surface area (Å²) in [4.78, 5) is 23.7. The number of halogens is 4. The first kappa shape index (κ1) is 19.2. The van der Waals surface area contributed by atoms with Crippen molar-refractivity contribution in [3.63, 3.8) is 0 Å². The lowest BCUT2D eigenvalue weighted by Crippen LogP contribution is -2.47. The Bertz CT molecular complexity index is 809. The maximum atomic E-state index is 13.5. The molecule has 2 amide bonds. The van der Waals surface area contributed by atoms with Gasteiger partial charge < -0.3 is 4.74 Å². The third-order valence-corrected chi connectivity index (χ3v) is 3.26. The molecule has 2 aromatic carbocycles. The second-order valence-corrected chi connectivity index (χ2v) is 5.21. The van der Waals surface area contributed by atoms with Gasteiger partial charge in [-0.05, 0) is 37.3 Å². The summed E-state index contributed by atoms with van der Waals surface area (Å²) in [5.74, 6) is -2.57. The number of rotatable bonds is 4. The summed E-state index contributed by atoms with van der Waals surface area (Å²) < 4.78 is 56.5. The van der Waals surface area contributed by atoms with Gasteiger partial charge in [0.05, 0.1) is 5.56 Å². The number of carbonyl (C=O) groups excluding carboxylic acids is 2. The lowest BCUT2D eigenvalue weighted by Gasteiger charge is -2.15. The molecular weight excluding hydrogens is 356 g/mol. The smallest absolute Gasteiger partial charge is 0.416 e. The minimum absolute atomic E-state index is 0.153. The molecule has 0 aromatic heterocycles. The van der Waals surface area contributed by atoms with E-state index < -0.39 is 35.5 Å². The number of hydrazine groups is 1. The van der Waals surface area contributed by atoms with Gasteiger partial charge >= 0.3 is 6.18 Å². The molecule has 2 rings (SSSR count). The Morgan fingerprint density at radius 2 is 1.73 bits per heavy atom. The van der Waals surface area contributed by atoms with Crippen molar-refractivity contribution in [1.82, 2.24) is 10.9 Å². The molecule has 0 spiro atoms. The van der Waals surface area contributed by atoms with E-state index in [2.05, 4.69) is 0 Å². The van der Waals surface area contributed by atoms with Gasteiger partial charge in [0.2, 0.25) is 0 Å². The second-order valence-electron chi connectivity index (χ2n) is 5.21. The topological polar surface area (TPSA) is 67.4 Å². The SMILES string of the molecule is C[C@H](Oc1ccccc1F)C(=O)NNC(=O)c1cccc(C(F)(F)F)c1. The molecule has 9 heteroatoms. The molecule has 0 saturated heterocycles. The molecule has 0 unspecified atom stereocenters. The highest BCUT2D eigenvalue weighted by molar-refractivity contribution is 5.95. The number of para-hydroxylation sites is 1. The van der Waals surface area contributed by atoms with Crippen LogP contribution in [0.3, 0.4) is 0 Å². The zero-order valence-electron chi connectivity index (χ0n) is 13.4. The summed E-state index contributed by atoms with van der Waals surface area (Å²) in [5.41, 5.74) is 2.71. The van der Waals surface area contributed by atoms with Crippen LogP contribution in [0.25, 0.3) is 0 Å². The van der Waals surface area contributed by atoms with Crippen LogP contribution in [-0.4, -0.2) is 17.9 Å². The van der Waals surface area contributed by atoms with Crippen molar-refractivity contribution in [2.24, 2.45) is 0 Å². The zero-order valence-corrected chi connectivity index (χ0v) is 13.4.